The number of thiophene rings is 1. The lowest BCUT2D eigenvalue weighted by Gasteiger charge is -2.10. The largest absolute Gasteiger partial charge is 0.455 e. The second-order valence-corrected chi connectivity index (χ2v) is 15.3. The molecule has 12 aromatic rings. The minimum absolute atomic E-state index is 0.557. The second-order valence-electron chi connectivity index (χ2n) is 14.3. The minimum Gasteiger partial charge on any atom is -0.455 e. The van der Waals surface area contributed by atoms with Crippen molar-refractivity contribution >= 4 is 75.4 Å². The number of fused-ring (bicyclic) bond motifs is 9. The van der Waals surface area contributed by atoms with Gasteiger partial charge in [-0.3, -0.25) is 0 Å². The summed E-state index contributed by atoms with van der Waals surface area (Å²) in [5.41, 5.74) is 10.3. The van der Waals surface area contributed by atoms with Gasteiger partial charge in [0.2, 0.25) is 0 Å². The summed E-state index contributed by atoms with van der Waals surface area (Å²) in [6, 6.07) is 60.8. The van der Waals surface area contributed by atoms with Crippen LogP contribution in [0.25, 0.3) is 120 Å². The first-order chi connectivity index (χ1) is 28.2. The van der Waals surface area contributed by atoms with Crippen molar-refractivity contribution in [2.45, 2.75) is 0 Å². The minimum atomic E-state index is 0.557. The van der Waals surface area contributed by atoms with Gasteiger partial charge in [0.1, 0.15) is 22.3 Å². The molecule has 8 aromatic carbocycles. The van der Waals surface area contributed by atoms with Crippen LogP contribution < -0.4 is 0 Å². The summed E-state index contributed by atoms with van der Waals surface area (Å²) in [5, 5.41) is 6.69. The van der Waals surface area contributed by atoms with E-state index in [0.717, 1.165) is 82.8 Å². The van der Waals surface area contributed by atoms with Gasteiger partial charge in [0, 0.05) is 69.5 Å². The molecule has 57 heavy (non-hydrogen) atoms. The molecule has 0 N–H and O–H groups in total. The Morgan fingerprint density at radius 1 is 0.333 bits per heavy atom. The number of nitrogens with zero attached hydrogens (tertiary/aromatic N) is 3. The van der Waals surface area contributed by atoms with Gasteiger partial charge < -0.3 is 8.83 Å². The van der Waals surface area contributed by atoms with Crippen molar-refractivity contribution in [1.82, 2.24) is 15.0 Å². The first-order valence-electron chi connectivity index (χ1n) is 18.9. The predicted molar refractivity (Wildman–Crippen MR) is 234 cm³/mol. The van der Waals surface area contributed by atoms with Crippen molar-refractivity contribution in [1.29, 1.82) is 0 Å². The maximum atomic E-state index is 7.08. The average molecular weight is 748 g/mol. The van der Waals surface area contributed by atoms with Crippen LogP contribution >= 0.6 is 11.3 Å². The molecule has 0 saturated heterocycles. The van der Waals surface area contributed by atoms with Crippen LogP contribution in [0.5, 0.6) is 0 Å². The number of hydrogen-bond donors (Lipinski definition) is 0. The normalized spacial score (nSPS) is 11.9. The smallest absolute Gasteiger partial charge is 0.167 e. The standard InChI is InChI=1S/C51H29N3O2S/c1-3-14-30(15-4-1)49-52-50(31-16-5-2-6-17-31)54-51(53-49)40-25-13-23-38-37-22-12-24-39(46(37)56-47(38)40)42-29-32(28-41-35-19-8-10-27-44(35)57-48(41)42)33-20-11-21-36-34-18-7-9-26-43(34)55-45(33)36/h1-29H. The maximum absolute atomic E-state index is 7.08. The molecular formula is C51H29N3O2S. The fourth-order valence-electron chi connectivity index (χ4n) is 8.29. The van der Waals surface area contributed by atoms with Crippen LogP contribution in [0.1, 0.15) is 0 Å². The summed E-state index contributed by atoms with van der Waals surface area (Å²) in [7, 11) is 0. The van der Waals surface area contributed by atoms with Crippen LogP contribution in [0, 0.1) is 0 Å². The average Bonchev–Trinajstić information content (AvgIpc) is 3.98. The molecule has 0 spiro atoms. The zero-order valence-corrected chi connectivity index (χ0v) is 31.1. The third kappa shape index (κ3) is 5.04. The van der Waals surface area contributed by atoms with E-state index in [2.05, 4.69) is 97.1 Å². The molecule has 6 heteroatoms. The van der Waals surface area contributed by atoms with Crippen molar-refractivity contribution in [2.75, 3.05) is 0 Å². The highest BCUT2D eigenvalue weighted by Gasteiger charge is 2.22. The highest BCUT2D eigenvalue weighted by atomic mass is 32.1. The van der Waals surface area contributed by atoms with E-state index in [4.69, 9.17) is 23.8 Å². The maximum Gasteiger partial charge on any atom is 0.167 e. The van der Waals surface area contributed by atoms with Crippen LogP contribution in [-0.2, 0) is 0 Å². The van der Waals surface area contributed by atoms with Gasteiger partial charge in [-0.2, -0.15) is 0 Å². The van der Waals surface area contributed by atoms with Crippen LogP contribution in [0.15, 0.2) is 185 Å². The number of benzene rings is 8. The third-order valence-electron chi connectivity index (χ3n) is 10.9. The van der Waals surface area contributed by atoms with Gasteiger partial charge in [-0.15, -0.1) is 11.3 Å². The van der Waals surface area contributed by atoms with Gasteiger partial charge in [0.25, 0.3) is 0 Å². The quantitative estimate of drug-likeness (QED) is 0.175. The van der Waals surface area contributed by atoms with Gasteiger partial charge in [-0.25, -0.2) is 15.0 Å². The van der Waals surface area contributed by atoms with Gasteiger partial charge in [0.15, 0.2) is 17.5 Å². The van der Waals surface area contributed by atoms with Crippen LogP contribution in [0.2, 0.25) is 0 Å². The van der Waals surface area contributed by atoms with Gasteiger partial charge in [0.05, 0.1) is 5.56 Å². The summed E-state index contributed by atoms with van der Waals surface area (Å²) in [6.07, 6.45) is 0. The molecule has 4 heterocycles. The number of para-hydroxylation sites is 4. The molecule has 12 rings (SSSR count). The van der Waals surface area contributed by atoms with Gasteiger partial charge in [-0.05, 0) is 35.9 Å². The van der Waals surface area contributed by atoms with E-state index < -0.39 is 0 Å². The molecule has 4 aromatic heterocycles. The topological polar surface area (TPSA) is 65.0 Å². The molecule has 0 aliphatic rings. The number of furan rings is 2. The Kier molecular flexibility index (Phi) is 7.03. The van der Waals surface area contributed by atoms with E-state index in [-0.39, 0.29) is 0 Å². The molecule has 266 valence electrons. The Bertz CT molecular complexity index is 3470. The fourth-order valence-corrected chi connectivity index (χ4v) is 9.51. The van der Waals surface area contributed by atoms with Crippen molar-refractivity contribution in [3.05, 3.63) is 176 Å². The first kappa shape index (κ1) is 31.9. The molecule has 0 aliphatic heterocycles. The zero-order valence-electron chi connectivity index (χ0n) is 30.3. The molecule has 5 nitrogen and oxygen atoms in total. The summed E-state index contributed by atoms with van der Waals surface area (Å²) < 4.78 is 16.1. The highest BCUT2D eigenvalue weighted by Crippen LogP contribution is 2.47. The lowest BCUT2D eigenvalue weighted by Crippen LogP contribution is -2.00. The predicted octanol–water partition coefficient (Wildman–Crippen LogP) is 14.4. The number of hydrogen-bond acceptors (Lipinski definition) is 6. The molecule has 0 saturated carbocycles. The Morgan fingerprint density at radius 3 is 1.58 bits per heavy atom. The first-order valence-corrected chi connectivity index (χ1v) is 19.7. The molecule has 0 bridgehead atoms. The SMILES string of the molecule is c1ccc(-c2nc(-c3ccccc3)nc(-c3cccc4c3oc3c(-c5cc(-c6cccc7c6oc6ccccc67)cc6c5sc5ccccc56)cccc34)n2)cc1. The zero-order chi connectivity index (χ0) is 37.5. The van der Waals surface area contributed by atoms with Gasteiger partial charge in [-0.1, -0.05) is 146 Å². The third-order valence-corrected chi connectivity index (χ3v) is 12.2. The lowest BCUT2D eigenvalue weighted by atomic mass is 9.94. The summed E-state index contributed by atoms with van der Waals surface area (Å²) in [5.74, 6) is 1.77. The van der Waals surface area contributed by atoms with E-state index in [1.807, 2.05) is 90.2 Å². The highest BCUT2D eigenvalue weighted by molar-refractivity contribution is 7.26. The van der Waals surface area contributed by atoms with E-state index in [1.54, 1.807) is 0 Å². The summed E-state index contributed by atoms with van der Waals surface area (Å²) in [6.45, 7) is 0. The van der Waals surface area contributed by atoms with E-state index in [1.165, 1.54) is 20.2 Å². The molecule has 0 amide bonds. The van der Waals surface area contributed by atoms with Crippen molar-refractivity contribution < 1.29 is 8.83 Å². The van der Waals surface area contributed by atoms with E-state index in [0.29, 0.717) is 17.5 Å². The van der Waals surface area contributed by atoms with Crippen LogP contribution in [-0.4, -0.2) is 15.0 Å². The number of rotatable bonds is 5. The molecular weight excluding hydrogens is 719 g/mol. The summed E-state index contributed by atoms with van der Waals surface area (Å²) >= 11 is 1.82. The van der Waals surface area contributed by atoms with Crippen LogP contribution in [0.3, 0.4) is 0 Å². The fraction of sp³-hybridized carbons (Fsp3) is 0. The molecule has 0 fully saturated rings. The molecule has 0 radical (unpaired) electrons. The molecule has 0 aliphatic carbocycles. The van der Waals surface area contributed by atoms with Gasteiger partial charge >= 0.3 is 0 Å². The Hall–Kier alpha value is -7.41. The van der Waals surface area contributed by atoms with Crippen molar-refractivity contribution in [2.24, 2.45) is 0 Å². The number of aromatic nitrogens is 3. The second kappa shape index (κ2) is 12.6. The van der Waals surface area contributed by atoms with Crippen molar-refractivity contribution in [3.8, 4) is 56.4 Å². The molecule has 0 atom stereocenters. The van der Waals surface area contributed by atoms with Crippen LogP contribution in [0.4, 0.5) is 0 Å². The van der Waals surface area contributed by atoms with Crippen molar-refractivity contribution in [3.63, 3.8) is 0 Å². The van der Waals surface area contributed by atoms with E-state index in [9.17, 15) is 0 Å². The Balaban J connectivity index is 1.11. The molecule has 0 unspecified atom stereocenters. The summed E-state index contributed by atoms with van der Waals surface area (Å²) in [4.78, 5) is 15.1. The van der Waals surface area contributed by atoms with E-state index >= 15 is 0 Å². The monoisotopic (exact) mass is 747 g/mol. The lowest BCUT2D eigenvalue weighted by molar-refractivity contribution is 0.670. The Labute approximate surface area is 330 Å². The Morgan fingerprint density at radius 2 is 0.860 bits per heavy atom.